The Morgan fingerprint density at radius 2 is 2.08 bits per heavy atom. The molecule has 1 aromatic rings. The smallest absolute Gasteiger partial charge is 0.256 e. The monoisotopic (exact) mass is 421 g/mol. The quantitative estimate of drug-likeness (QED) is 0.783. The van der Waals surface area contributed by atoms with Gasteiger partial charge in [0.1, 0.15) is 6.04 Å². The van der Waals surface area contributed by atoms with Gasteiger partial charge in [-0.25, -0.2) is 0 Å². The number of hydrogen-bond donors (Lipinski definition) is 2. The Balaban J connectivity index is 1.77. The highest BCUT2D eigenvalue weighted by atomic mass is 79.9. The van der Waals surface area contributed by atoms with Crippen molar-refractivity contribution in [1.82, 2.24) is 10.2 Å². The number of carbonyl (C=O) groups excluding carboxylic acids is 3. The van der Waals surface area contributed by atoms with Gasteiger partial charge in [0.25, 0.3) is 5.91 Å². The number of rotatable bonds is 4. The Labute approximate surface area is 161 Å². The summed E-state index contributed by atoms with van der Waals surface area (Å²) in [5, 5.41) is 5.94. The van der Waals surface area contributed by atoms with Crippen LogP contribution in [0.4, 0.5) is 5.69 Å². The average molecular weight is 422 g/mol. The summed E-state index contributed by atoms with van der Waals surface area (Å²) in [7, 11) is 0. The van der Waals surface area contributed by atoms with Crippen molar-refractivity contribution in [2.75, 3.05) is 11.9 Å². The summed E-state index contributed by atoms with van der Waals surface area (Å²) in [6.07, 6.45) is 2.70. The standard InChI is InChI=1S/C19H24BrN3O3/c1-3-11(4-2)17(24)21-13-7-8-23-16(10-13)18(25)22-15-6-5-12(20)9-14(15)19(23)26/h5-6,9,11,13,16H,3-4,7-8,10H2,1-2H3,(H,21,24)(H,22,25)/t13-,16-/m0/s1. The molecule has 0 aliphatic carbocycles. The molecule has 2 N–H and O–H groups in total. The van der Waals surface area contributed by atoms with Crippen LogP contribution in [0.15, 0.2) is 22.7 Å². The predicted octanol–water partition coefficient (Wildman–Crippen LogP) is 2.93. The first-order valence-corrected chi connectivity index (χ1v) is 9.95. The predicted molar refractivity (Wildman–Crippen MR) is 103 cm³/mol. The Morgan fingerprint density at radius 1 is 1.35 bits per heavy atom. The maximum atomic E-state index is 12.9. The maximum absolute atomic E-state index is 12.9. The molecule has 7 heteroatoms. The number of fused-ring (bicyclic) bond motifs is 2. The molecule has 1 fully saturated rings. The van der Waals surface area contributed by atoms with E-state index in [0.29, 0.717) is 30.6 Å². The van der Waals surface area contributed by atoms with Gasteiger partial charge < -0.3 is 15.5 Å². The first-order valence-electron chi connectivity index (χ1n) is 9.16. The van der Waals surface area contributed by atoms with Crippen molar-refractivity contribution in [2.24, 2.45) is 5.92 Å². The second-order valence-corrected chi connectivity index (χ2v) is 7.85. The Bertz CT molecular complexity index is 733. The fraction of sp³-hybridized carbons (Fsp3) is 0.526. The zero-order valence-electron chi connectivity index (χ0n) is 15.0. The SMILES string of the molecule is CCC(CC)C(=O)N[C@H]1CCN2C(=O)c3cc(Br)ccc3NC(=O)[C@@H]2C1. The first-order chi connectivity index (χ1) is 12.4. The fourth-order valence-corrected chi connectivity index (χ4v) is 4.10. The van der Waals surface area contributed by atoms with E-state index in [-0.39, 0.29) is 29.7 Å². The molecule has 0 unspecified atom stereocenters. The number of anilines is 1. The number of halogens is 1. The Hall–Kier alpha value is -1.89. The molecular formula is C19H24BrN3O3. The molecule has 0 bridgehead atoms. The molecule has 0 saturated carbocycles. The van der Waals surface area contributed by atoms with Crippen LogP contribution < -0.4 is 10.6 Å². The van der Waals surface area contributed by atoms with Crippen LogP contribution in [0.1, 0.15) is 49.9 Å². The summed E-state index contributed by atoms with van der Waals surface area (Å²) in [5.74, 6) is -0.296. The lowest BCUT2D eigenvalue weighted by atomic mass is 9.94. The van der Waals surface area contributed by atoms with E-state index >= 15 is 0 Å². The van der Waals surface area contributed by atoms with Crippen LogP contribution in [0, 0.1) is 5.92 Å². The lowest BCUT2D eigenvalue weighted by Gasteiger charge is -2.37. The summed E-state index contributed by atoms with van der Waals surface area (Å²) >= 11 is 3.38. The van der Waals surface area contributed by atoms with Gasteiger partial charge in [-0.3, -0.25) is 14.4 Å². The van der Waals surface area contributed by atoms with Gasteiger partial charge in [0.05, 0.1) is 11.3 Å². The van der Waals surface area contributed by atoms with Crippen LogP contribution in [-0.2, 0) is 9.59 Å². The third kappa shape index (κ3) is 3.63. The van der Waals surface area contributed by atoms with Crippen molar-refractivity contribution in [2.45, 2.75) is 51.6 Å². The van der Waals surface area contributed by atoms with E-state index in [0.717, 1.165) is 17.3 Å². The number of piperidine rings is 1. The van der Waals surface area contributed by atoms with E-state index in [9.17, 15) is 14.4 Å². The molecule has 2 aliphatic heterocycles. The molecule has 1 saturated heterocycles. The van der Waals surface area contributed by atoms with Gasteiger partial charge in [0.2, 0.25) is 11.8 Å². The molecule has 3 amide bonds. The fourth-order valence-electron chi connectivity index (χ4n) is 3.74. The molecule has 0 aromatic heterocycles. The van der Waals surface area contributed by atoms with Crippen molar-refractivity contribution in [3.8, 4) is 0 Å². The molecule has 26 heavy (non-hydrogen) atoms. The Morgan fingerprint density at radius 3 is 2.77 bits per heavy atom. The molecule has 0 spiro atoms. The van der Waals surface area contributed by atoms with E-state index in [1.165, 1.54) is 0 Å². The van der Waals surface area contributed by atoms with Gasteiger partial charge in [-0.1, -0.05) is 29.8 Å². The minimum absolute atomic E-state index is 0.000716. The van der Waals surface area contributed by atoms with Gasteiger partial charge in [-0.15, -0.1) is 0 Å². The second-order valence-electron chi connectivity index (χ2n) is 6.94. The van der Waals surface area contributed by atoms with Crippen LogP contribution in [-0.4, -0.2) is 41.2 Å². The van der Waals surface area contributed by atoms with Crippen molar-refractivity contribution in [1.29, 1.82) is 0 Å². The highest BCUT2D eigenvalue weighted by molar-refractivity contribution is 9.10. The zero-order valence-corrected chi connectivity index (χ0v) is 16.6. The number of hydrogen-bond acceptors (Lipinski definition) is 3. The summed E-state index contributed by atoms with van der Waals surface area (Å²) < 4.78 is 0.796. The molecule has 2 atom stereocenters. The van der Waals surface area contributed by atoms with E-state index in [4.69, 9.17) is 0 Å². The molecular weight excluding hydrogens is 398 g/mol. The van der Waals surface area contributed by atoms with Crippen LogP contribution in [0.3, 0.4) is 0 Å². The van der Waals surface area contributed by atoms with E-state index in [1.54, 1.807) is 23.1 Å². The molecule has 3 rings (SSSR count). The number of nitrogens with zero attached hydrogens (tertiary/aromatic N) is 1. The molecule has 6 nitrogen and oxygen atoms in total. The summed E-state index contributed by atoms with van der Waals surface area (Å²) in [5.41, 5.74) is 1.03. The van der Waals surface area contributed by atoms with Crippen LogP contribution in [0.5, 0.6) is 0 Å². The summed E-state index contributed by atoms with van der Waals surface area (Å²) in [6.45, 7) is 4.46. The minimum Gasteiger partial charge on any atom is -0.353 e. The third-order valence-electron chi connectivity index (χ3n) is 5.34. The van der Waals surface area contributed by atoms with Gasteiger partial charge >= 0.3 is 0 Å². The highest BCUT2D eigenvalue weighted by Gasteiger charge is 2.40. The molecule has 2 aliphatic rings. The van der Waals surface area contributed by atoms with Gasteiger partial charge in [0, 0.05) is 23.0 Å². The van der Waals surface area contributed by atoms with E-state index in [1.807, 2.05) is 13.8 Å². The van der Waals surface area contributed by atoms with E-state index < -0.39 is 6.04 Å². The normalized spacial score (nSPS) is 22.4. The average Bonchev–Trinajstić information content (AvgIpc) is 2.72. The Kier molecular flexibility index (Phi) is 5.65. The maximum Gasteiger partial charge on any atom is 0.256 e. The number of carbonyl (C=O) groups is 3. The topological polar surface area (TPSA) is 78.5 Å². The van der Waals surface area contributed by atoms with Crippen molar-refractivity contribution in [3.63, 3.8) is 0 Å². The van der Waals surface area contributed by atoms with Gasteiger partial charge in [0.15, 0.2) is 0 Å². The van der Waals surface area contributed by atoms with Crippen LogP contribution in [0.25, 0.3) is 0 Å². The molecule has 1 aromatic carbocycles. The summed E-state index contributed by atoms with van der Waals surface area (Å²) in [4.78, 5) is 39.6. The first kappa shape index (κ1) is 18.9. The lowest BCUT2D eigenvalue weighted by molar-refractivity contribution is -0.127. The second kappa shape index (κ2) is 7.78. The van der Waals surface area contributed by atoms with Crippen molar-refractivity contribution < 1.29 is 14.4 Å². The lowest BCUT2D eigenvalue weighted by Crippen LogP contribution is -2.55. The highest BCUT2D eigenvalue weighted by Crippen LogP contribution is 2.30. The van der Waals surface area contributed by atoms with Crippen molar-refractivity contribution >= 4 is 39.3 Å². The van der Waals surface area contributed by atoms with Crippen molar-refractivity contribution in [3.05, 3.63) is 28.2 Å². The zero-order chi connectivity index (χ0) is 18.8. The van der Waals surface area contributed by atoms with Crippen LogP contribution in [0.2, 0.25) is 0 Å². The minimum atomic E-state index is -0.561. The van der Waals surface area contributed by atoms with Crippen LogP contribution >= 0.6 is 15.9 Å². The van der Waals surface area contributed by atoms with Gasteiger partial charge in [-0.05, 0) is 43.9 Å². The molecule has 0 radical (unpaired) electrons. The third-order valence-corrected chi connectivity index (χ3v) is 5.83. The number of nitrogens with one attached hydrogen (secondary N) is 2. The van der Waals surface area contributed by atoms with Gasteiger partial charge in [-0.2, -0.15) is 0 Å². The largest absolute Gasteiger partial charge is 0.353 e. The number of benzene rings is 1. The number of amides is 3. The summed E-state index contributed by atoms with van der Waals surface area (Å²) in [6, 6.07) is 4.63. The molecule has 2 heterocycles. The molecule has 140 valence electrons. The van der Waals surface area contributed by atoms with E-state index in [2.05, 4.69) is 26.6 Å².